The molecule has 1 amide bonds. The predicted molar refractivity (Wildman–Crippen MR) is 74.2 cm³/mol. The third-order valence-electron chi connectivity index (χ3n) is 3.36. The van der Waals surface area contributed by atoms with E-state index in [9.17, 15) is 4.79 Å². The van der Waals surface area contributed by atoms with Crippen LogP contribution in [0.4, 0.5) is 5.69 Å². The summed E-state index contributed by atoms with van der Waals surface area (Å²) in [6.07, 6.45) is 0.507. The minimum atomic E-state index is -0.0118. The molecule has 1 atom stereocenters. The van der Waals surface area contributed by atoms with Gasteiger partial charge in [0, 0.05) is 12.1 Å². The normalized spacial score (nSPS) is 13.2. The summed E-state index contributed by atoms with van der Waals surface area (Å²) in [7, 11) is 0. The van der Waals surface area contributed by atoms with Crippen LogP contribution in [-0.4, -0.2) is 11.0 Å². The molecule has 0 bridgehead atoms. The highest BCUT2D eigenvalue weighted by molar-refractivity contribution is 5.90. The number of carbonyl (C=O) groups is 1. The minimum Gasteiger partial charge on any atom is -0.392 e. The summed E-state index contributed by atoms with van der Waals surface area (Å²) < 4.78 is 0. The second kappa shape index (κ2) is 6.01. The summed E-state index contributed by atoms with van der Waals surface area (Å²) in [6, 6.07) is 7.28. The summed E-state index contributed by atoms with van der Waals surface area (Å²) in [4.78, 5) is 11.9. The molecule has 1 aromatic carbocycles. The van der Waals surface area contributed by atoms with Crippen LogP contribution in [0.2, 0.25) is 0 Å². The summed E-state index contributed by atoms with van der Waals surface area (Å²) in [5.41, 5.74) is 1.67. The molecule has 0 aliphatic rings. The smallest absolute Gasteiger partial charge is 0.224 e. The summed E-state index contributed by atoms with van der Waals surface area (Å²) >= 11 is 0. The molecule has 0 heterocycles. The van der Waals surface area contributed by atoms with Gasteiger partial charge in [0.25, 0.3) is 0 Å². The molecular formula is C15H23NO2. The van der Waals surface area contributed by atoms with Crippen LogP contribution in [0.25, 0.3) is 0 Å². The van der Waals surface area contributed by atoms with E-state index in [-0.39, 0.29) is 17.9 Å². The fourth-order valence-corrected chi connectivity index (χ4v) is 1.54. The van der Waals surface area contributed by atoms with Gasteiger partial charge in [-0.1, -0.05) is 39.8 Å². The van der Waals surface area contributed by atoms with E-state index in [1.54, 1.807) is 6.07 Å². The van der Waals surface area contributed by atoms with Crippen molar-refractivity contribution in [2.24, 2.45) is 11.3 Å². The molecule has 0 saturated carbocycles. The Hall–Kier alpha value is -1.35. The number of amides is 1. The van der Waals surface area contributed by atoms with Crippen molar-refractivity contribution in [3.63, 3.8) is 0 Å². The lowest BCUT2D eigenvalue weighted by atomic mass is 9.80. The maximum absolute atomic E-state index is 11.9. The lowest BCUT2D eigenvalue weighted by Gasteiger charge is -2.26. The SMILES string of the molecule is CC(CC(=O)Nc1cccc(CO)c1)C(C)(C)C. The van der Waals surface area contributed by atoms with Crippen molar-refractivity contribution in [2.75, 3.05) is 5.32 Å². The number of nitrogens with one attached hydrogen (secondary N) is 1. The maximum Gasteiger partial charge on any atom is 0.224 e. The molecule has 0 spiro atoms. The van der Waals surface area contributed by atoms with E-state index in [2.05, 4.69) is 33.0 Å². The zero-order chi connectivity index (χ0) is 13.8. The van der Waals surface area contributed by atoms with Crippen molar-refractivity contribution in [2.45, 2.75) is 40.7 Å². The summed E-state index contributed by atoms with van der Waals surface area (Å²) in [6.45, 7) is 8.48. The number of aliphatic hydroxyl groups is 1. The highest BCUT2D eigenvalue weighted by atomic mass is 16.3. The first-order valence-corrected chi connectivity index (χ1v) is 6.32. The zero-order valence-electron chi connectivity index (χ0n) is 11.7. The second-order valence-corrected chi connectivity index (χ2v) is 5.88. The van der Waals surface area contributed by atoms with Gasteiger partial charge >= 0.3 is 0 Å². The number of benzene rings is 1. The quantitative estimate of drug-likeness (QED) is 0.861. The third-order valence-corrected chi connectivity index (χ3v) is 3.36. The Morgan fingerprint density at radius 3 is 2.61 bits per heavy atom. The monoisotopic (exact) mass is 249 g/mol. The Labute approximate surface area is 109 Å². The Bertz CT molecular complexity index is 407. The number of rotatable bonds is 4. The largest absolute Gasteiger partial charge is 0.392 e. The molecule has 0 radical (unpaired) electrons. The Kier molecular flexibility index (Phi) is 4.91. The minimum absolute atomic E-state index is 0.0118. The number of anilines is 1. The third kappa shape index (κ3) is 4.49. The molecule has 0 aliphatic heterocycles. The number of hydrogen-bond donors (Lipinski definition) is 2. The highest BCUT2D eigenvalue weighted by Crippen LogP contribution is 2.28. The first kappa shape index (κ1) is 14.7. The van der Waals surface area contributed by atoms with E-state index in [4.69, 9.17) is 5.11 Å². The fourth-order valence-electron chi connectivity index (χ4n) is 1.54. The average Bonchev–Trinajstić information content (AvgIpc) is 2.27. The van der Waals surface area contributed by atoms with Crippen molar-refractivity contribution in [3.8, 4) is 0 Å². The molecule has 3 nitrogen and oxygen atoms in total. The molecule has 2 N–H and O–H groups in total. The lowest BCUT2D eigenvalue weighted by Crippen LogP contribution is -2.23. The van der Waals surface area contributed by atoms with Crippen LogP contribution in [0.15, 0.2) is 24.3 Å². The van der Waals surface area contributed by atoms with Crippen LogP contribution in [-0.2, 0) is 11.4 Å². The van der Waals surface area contributed by atoms with Gasteiger partial charge in [0.1, 0.15) is 0 Å². The number of carbonyl (C=O) groups excluding carboxylic acids is 1. The zero-order valence-corrected chi connectivity index (χ0v) is 11.7. The van der Waals surface area contributed by atoms with Gasteiger partial charge in [0.05, 0.1) is 6.61 Å². The molecular weight excluding hydrogens is 226 g/mol. The van der Waals surface area contributed by atoms with Gasteiger partial charge in [0.15, 0.2) is 0 Å². The van der Waals surface area contributed by atoms with Crippen LogP contribution in [0.3, 0.4) is 0 Å². The average molecular weight is 249 g/mol. The van der Waals surface area contributed by atoms with E-state index in [0.29, 0.717) is 12.3 Å². The maximum atomic E-state index is 11.9. The molecule has 0 aromatic heterocycles. The summed E-state index contributed by atoms with van der Waals surface area (Å²) in [5.74, 6) is 0.339. The van der Waals surface area contributed by atoms with Gasteiger partial charge in [-0.2, -0.15) is 0 Å². The van der Waals surface area contributed by atoms with Crippen LogP contribution < -0.4 is 5.32 Å². The van der Waals surface area contributed by atoms with E-state index < -0.39 is 0 Å². The molecule has 18 heavy (non-hydrogen) atoms. The highest BCUT2D eigenvalue weighted by Gasteiger charge is 2.22. The molecule has 1 aromatic rings. The van der Waals surface area contributed by atoms with Crippen LogP contribution in [0, 0.1) is 11.3 Å². The van der Waals surface area contributed by atoms with Crippen molar-refractivity contribution < 1.29 is 9.90 Å². The van der Waals surface area contributed by atoms with E-state index >= 15 is 0 Å². The Balaban J connectivity index is 2.59. The topological polar surface area (TPSA) is 49.3 Å². The van der Waals surface area contributed by atoms with Crippen LogP contribution in [0.5, 0.6) is 0 Å². The van der Waals surface area contributed by atoms with Gasteiger partial charge in [-0.05, 0) is 29.0 Å². The Morgan fingerprint density at radius 2 is 2.06 bits per heavy atom. The van der Waals surface area contributed by atoms with E-state index in [0.717, 1.165) is 11.3 Å². The predicted octanol–water partition coefficient (Wildman–Crippen LogP) is 3.19. The van der Waals surface area contributed by atoms with Crippen molar-refractivity contribution in [1.82, 2.24) is 0 Å². The summed E-state index contributed by atoms with van der Waals surface area (Å²) in [5, 5.41) is 11.9. The van der Waals surface area contributed by atoms with Gasteiger partial charge < -0.3 is 10.4 Å². The van der Waals surface area contributed by atoms with Gasteiger partial charge in [-0.3, -0.25) is 4.79 Å². The molecule has 1 unspecified atom stereocenters. The van der Waals surface area contributed by atoms with Crippen LogP contribution >= 0.6 is 0 Å². The van der Waals surface area contributed by atoms with Crippen molar-refractivity contribution >= 4 is 11.6 Å². The standard InChI is InChI=1S/C15H23NO2/c1-11(15(2,3)4)8-14(18)16-13-7-5-6-12(9-13)10-17/h5-7,9,11,17H,8,10H2,1-4H3,(H,16,18). The van der Waals surface area contributed by atoms with Gasteiger partial charge in [0.2, 0.25) is 5.91 Å². The van der Waals surface area contributed by atoms with Crippen molar-refractivity contribution in [1.29, 1.82) is 0 Å². The second-order valence-electron chi connectivity index (χ2n) is 5.88. The first-order valence-electron chi connectivity index (χ1n) is 6.32. The van der Waals surface area contributed by atoms with Crippen molar-refractivity contribution in [3.05, 3.63) is 29.8 Å². The van der Waals surface area contributed by atoms with Gasteiger partial charge in [-0.25, -0.2) is 0 Å². The molecule has 0 aliphatic carbocycles. The first-order chi connectivity index (χ1) is 8.32. The number of hydrogen-bond acceptors (Lipinski definition) is 2. The molecule has 1 rings (SSSR count). The lowest BCUT2D eigenvalue weighted by molar-refractivity contribution is -0.117. The van der Waals surface area contributed by atoms with E-state index in [1.807, 2.05) is 18.2 Å². The molecule has 3 heteroatoms. The molecule has 0 saturated heterocycles. The Morgan fingerprint density at radius 1 is 1.39 bits per heavy atom. The van der Waals surface area contributed by atoms with Crippen LogP contribution in [0.1, 0.15) is 39.7 Å². The fraction of sp³-hybridized carbons (Fsp3) is 0.533. The molecule has 100 valence electrons. The van der Waals surface area contributed by atoms with E-state index in [1.165, 1.54) is 0 Å². The molecule has 0 fully saturated rings. The van der Waals surface area contributed by atoms with Gasteiger partial charge in [-0.15, -0.1) is 0 Å². The number of aliphatic hydroxyl groups excluding tert-OH is 1.